The van der Waals surface area contributed by atoms with E-state index in [1.807, 2.05) is 20.8 Å². The van der Waals surface area contributed by atoms with Crippen molar-refractivity contribution in [2.75, 3.05) is 13.2 Å². The van der Waals surface area contributed by atoms with Crippen LogP contribution in [0.15, 0.2) is 34.2 Å². The molecule has 3 saturated heterocycles. The van der Waals surface area contributed by atoms with Crippen molar-refractivity contribution in [2.24, 2.45) is 28.6 Å². The maximum absolute atomic E-state index is 13.6. The molecule has 0 bridgehead atoms. The molecule has 2 N–H and O–H groups in total. The number of furan rings is 1. The molecule has 5 aliphatic rings. The smallest absolute Gasteiger partial charge is 0.335 e. The van der Waals surface area contributed by atoms with Gasteiger partial charge in [-0.25, -0.2) is 4.79 Å². The predicted molar refractivity (Wildman–Crippen MR) is 153 cm³/mol. The number of esters is 3. The van der Waals surface area contributed by atoms with Crippen molar-refractivity contribution < 1.29 is 57.5 Å². The van der Waals surface area contributed by atoms with Gasteiger partial charge in [0.1, 0.15) is 24.4 Å². The van der Waals surface area contributed by atoms with Crippen molar-refractivity contribution in [1.82, 2.24) is 0 Å². The minimum atomic E-state index is -1.44. The highest BCUT2D eigenvalue weighted by Gasteiger charge is 2.71. The Balaban J connectivity index is 1.59. The van der Waals surface area contributed by atoms with Crippen molar-refractivity contribution >= 4 is 24.4 Å². The van der Waals surface area contributed by atoms with Gasteiger partial charge >= 0.3 is 17.9 Å². The molecule has 12 heteroatoms. The third-order valence-electron chi connectivity index (χ3n) is 11.7. The highest BCUT2D eigenvalue weighted by atomic mass is 16.6. The van der Waals surface area contributed by atoms with Crippen LogP contribution in [-0.2, 0) is 42.9 Å². The summed E-state index contributed by atoms with van der Waals surface area (Å²) in [4.78, 5) is 52.0. The van der Waals surface area contributed by atoms with Gasteiger partial charge in [0, 0.05) is 28.6 Å². The molecule has 12 atom stereocenters. The zero-order valence-electron chi connectivity index (χ0n) is 26.2. The normalized spacial score (nSPS) is 42.1. The summed E-state index contributed by atoms with van der Waals surface area (Å²) in [6, 6.07) is 1.78. The number of cyclic esters (lactones) is 1. The van der Waals surface area contributed by atoms with Gasteiger partial charge in [0.05, 0.1) is 44.2 Å². The molecule has 1 saturated carbocycles. The van der Waals surface area contributed by atoms with E-state index in [-0.39, 0.29) is 32.5 Å². The summed E-state index contributed by atoms with van der Waals surface area (Å²) in [6.45, 7) is 9.22. The molecular formula is C33H42O12. The van der Waals surface area contributed by atoms with Gasteiger partial charge in [0.25, 0.3) is 6.47 Å². The molecule has 3 aliphatic heterocycles. The minimum absolute atomic E-state index is 0.0149. The lowest BCUT2D eigenvalue weighted by atomic mass is 9.49. The number of hydrogen-bond donors (Lipinski definition) is 2. The second-order valence-electron chi connectivity index (χ2n) is 14.0. The number of aliphatic hydroxyl groups excluding tert-OH is 2. The Morgan fingerprint density at radius 2 is 1.96 bits per heavy atom. The van der Waals surface area contributed by atoms with E-state index in [0.29, 0.717) is 24.0 Å². The molecule has 0 aromatic carbocycles. The molecule has 0 unspecified atom stereocenters. The second kappa shape index (κ2) is 11.2. The van der Waals surface area contributed by atoms with Crippen molar-refractivity contribution in [2.45, 2.75) is 102 Å². The van der Waals surface area contributed by atoms with Crippen LogP contribution in [0.3, 0.4) is 0 Å². The fourth-order valence-corrected chi connectivity index (χ4v) is 9.32. The molecule has 0 radical (unpaired) electrons. The number of carbonyl (C=O) groups is 4. The van der Waals surface area contributed by atoms with Crippen molar-refractivity contribution in [3.05, 3.63) is 35.3 Å². The Hall–Kier alpha value is -3.22. The first-order chi connectivity index (χ1) is 21.3. The molecular weight excluding hydrogens is 588 g/mol. The molecule has 0 spiro atoms. The van der Waals surface area contributed by atoms with E-state index in [1.54, 1.807) is 26.2 Å². The SMILES string of the molecule is CC[C@@H](C)[C@@H](O)C(=O)O[C@H]1[C@H](OC=O)[C@H]2C(=C3[C@H](O)C[C@@H](c4ccoc4)[C@@]31C)CO[C@H]1CC(=O)O[C@]3(C)COC(=O)C[C@@H]3[C@]12C. The summed E-state index contributed by atoms with van der Waals surface area (Å²) in [5, 5.41) is 22.7. The topological polar surface area (TPSA) is 168 Å². The standard InChI is InChI=1S/C33H42O12/c1-6-16(2)27(38)30(39)44-29-28(43-15-34)26-18(25-20(35)9-19(32(25,29)4)17-7-8-40-12-17)13-41-22-11-24(37)45-31(3)14-42-23(36)10-21(31)33(22,26)5/h7-8,12,15-16,19-22,26-29,35,38H,6,9-11,13-14H2,1-5H3/t16-,19+,20-,21+,22+,26-,27-,28-,29+,31-,32+,33-/m1/s1. The van der Waals surface area contributed by atoms with Gasteiger partial charge in [0.2, 0.25) is 0 Å². The fraction of sp³-hybridized carbons (Fsp3) is 0.697. The van der Waals surface area contributed by atoms with Gasteiger partial charge in [-0.2, -0.15) is 0 Å². The third kappa shape index (κ3) is 4.66. The molecule has 246 valence electrons. The summed E-state index contributed by atoms with van der Waals surface area (Å²) in [5.41, 5.74) is -1.40. The first-order valence-corrected chi connectivity index (χ1v) is 15.7. The molecule has 4 fully saturated rings. The molecule has 12 nitrogen and oxygen atoms in total. The summed E-state index contributed by atoms with van der Waals surface area (Å²) in [7, 11) is 0. The summed E-state index contributed by atoms with van der Waals surface area (Å²) < 4.78 is 35.4. The Labute approximate surface area is 261 Å². The van der Waals surface area contributed by atoms with Crippen molar-refractivity contribution in [3.8, 4) is 0 Å². The van der Waals surface area contributed by atoms with Crippen LogP contribution in [0.5, 0.6) is 0 Å². The number of rotatable bonds is 7. The number of hydrogen-bond acceptors (Lipinski definition) is 12. The molecule has 6 rings (SSSR count). The Kier molecular flexibility index (Phi) is 7.93. The van der Waals surface area contributed by atoms with Crippen LogP contribution in [0, 0.1) is 28.6 Å². The lowest BCUT2D eigenvalue weighted by Gasteiger charge is -2.60. The van der Waals surface area contributed by atoms with Gasteiger partial charge in [-0.1, -0.05) is 34.1 Å². The zero-order valence-corrected chi connectivity index (χ0v) is 26.2. The second-order valence-corrected chi connectivity index (χ2v) is 14.0. The lowest BCUT2D eigenvalue weighted by Crippen LogP contribution is -2.67. The van der Waals surface area contributed by atoms with Crippen LogP contribution in [0.2, 0.25) is 0 Å². The third-order valence-corrected chi connectivity index (χ3v) is 11.7. The molecule has 4 heterocycles. The maximum Gasteiger partial charge on any atom is 0.335 e. The molecule has 0 amide bonds. The average Bonchev–Trinajstić information content (AvgIpc) is 3.60. The van der Waals surface area contributed by atoms with E-state index in [2.05, 4.69) is 0 Å². The van der Waals surface area contributed by atoms with E-state index in [0.717, 1.165) is 5.56 Å². The largest absolute Gasteiger partial charge is 0.472 e. The van der Waals surface area contributed by atoms with E-state index < -0.39 is 88.5 Å². The van der Waals surface area contributed by atoms with Crippen LogP contribution < -0.4 is 0 Å². The average molecular weight is 631 g/mol. The maximum atomic E-state index is 13.6. The number of ether oxygens (including phenoxy) is 5. The van der Waals surface area contributed by atoms with Gasteiger partial charge in [-0.3, -0.25) is 14.4 Å². The number of aliphatic hydroxyl groups is 2. The number of fused-ring (bicyclic) bond motifs is 6. The van der Waals surface area contributed by atoms with Crippen LogP contribution >= 0.6 is 0 Å². The van der Waals surface area contributed by atoms with Gasteiger partial charge in [-0.05, 0) is 42.0 Å². The molecule has 1 aromatic rings. The van der Waals surface area contributed by atoms with Crippen LogP contribution in [0.1, 0.15) is 71.8 Å². The van der Waals surface area contributed by atoms with E-state index in [1.165, 1.54) is 6.26 Å². The lowest BCUT2D eigenvalue weighted by molar-refractivity contribution is -0.228. The molecule has 2 aliphatic carbocycles. The monoisotopic (exact) mass is 630 g/mol. The van der Waals surface area contributed by atoms with Crippen LogP contribution in [0.25, 0.3) is 0 Å². The summed E-state index contributed by atoms with van der Waals surface area (Å²) in [6.07, 6.45) is -1.85. The molecule has 1 aromatic heterocycles. The fourth-order valence-electron chi connectivity index (χ4n) is 9.32. The van der Waals surface area contributed by atoms with Crippen molar-refractivity contribution in [1.29, 1.82) is 0 Å². The van der Waals surface area contributed by atoms with E-state index >= 15 is 0 Å². The van der Waals surface area contributed by atoms with E-state index in [4.69, 9.17) is 28.1 Å². The Bertz CT molecular complexity index is 1390. The van der Waals surface area contributed by atoms with E-state index in [9.17, 15) is 29.4 Å². The van der Waals surface area contributed by atoms with Gasteiger partial charge in [-0.15, -0.1) is 0 Å². The minimum Gasteiger partial charge on any atom is -0.472 e. The molecule has 45 heavy (non-hydrogen) atoms. The van der Waals surface area contributed by atoms with Crippen molar-refractivity contribution in [3.63, 3.8) is 0 Å². The highest BCUT2D eigenvalue weighted by Crippen LogP contribution is 2.67. The van der Waals surface area contributed by atoms with Gasteiger partial charge in [0.15, 0.2) is 6.10 Å². The first kappa shape index (κ1) is 31.7. The highest BCUT2D eigenvalue weighted by molar-refractivity contribution is 5.76. The van der Waals surface area contributed by atoms with Gasteiger partial charge < -0.3 is 38.3 Å². The Morgan fingerprint density at radius 1 is 1.20 bits per heavy atom. The quantitative estimate of drug-likeness (QED) is 0.196. The van der Waals surface area contributed by atoms with Crippen LogP contribution in [-0.4, -0.2) is 83.9 Å². The summed E-state index contributed by atoms with van der Waals surface area (Å²) in [5.74, 6) is -4.09. The zero-order chi connectivity index (χ0) is 32.5. The number of carbonyl (C=O) groups excluding carboxylic acids is 4. The predicted octanol–water partition coefficient (Wildman–Crippen LogP) is 2.59. The van der Waals surface area contributed by atoms with Crippen LogP contribution in [0.4, 0.5) is 0 Å². The Morgan fingerprint density at radius 3 is 2.62 bits per heavy atom. The summed E-state index contributed by atoms with van der Waals surface area (Å²) >= 11 is 0. The first-order valence-electron chi connectivity index (χ1n) is 15.7.